The highest BCUT2D eigenvalue weighted by molar-refractivity contribution is 9.10. The highest BCUT2D eigenvalue weighted by Gasteiger charge is 2.48. The summed E-state index contributed by atoms with van der Waals surface area (Å²) in [5.41, 5.74) is 2.39. The summed E-state index contributed by atoms with van der Waals surface area (Å²) in [6.45, 7) is 7.85. The number of carbonyl (C=O) groups is 9. The minimum Gasteiger partial charge on any atom is -0.469 e. The molecule has 26 heteroatoms. The summed E-state index contributed by atoms with van der Waals surface area (Å²) in [5.74, 6) is -3.50. The predicted octanol–water partition coefficient (Wildman–Crippen LogP) is 7.98. The lowest BCUT2D eigenvalue weighted by Crippen LogP contribution is -2.42. The van der Waals surface area contributed by atoms with Gasteiger partial charge in [-0.25, -0.2) is 19.7 Å². The van der Waals surface area contributed by atoms with Gasteiger partial charge in [0.15, 0.2) is 11.6 Å². The van der Waals surface area contributed by atoms with Crippen molar-refractivity contribution in [2.75, 3.05) is 92.0 Å². The predicted molar refractivity (Wildman–Crippen MR) is 352 cm³/mol. The number of unbranched alkanes of at least 4 members (excludes halogenated alkanes) is 13. The lowest BCUT2D eigenvalue weighted by molar-refractivity contribution is -0.145. The topological polar surface area (TPSA) is 326 Å². The Morgan fingerprint density at radius 3 is 1.78 bits per heavy atom. The molecule has 5 amide bonds. The molecule has 0 saturated heterocycles. The molecule has 1 saturated carbocycles. The Kier molecular flexibility index (Phi) is 34.8. The molecular formula is C67H97BrN10O15. The van der Waals surface area contributed by atoms with Crippen LogP contribution in [-0.4, -0.2) is 171 Å². The zero-order valence-electron chi connectivity index (χ0n) is 55.1. The molecule has 1 fully saturated rings. The molecule has 93 heavy (non-hydrogen) atoms. The molecule has 3 heterocycles. The summed E-state index contributed by atoms with van der Waals surface area (Å²) in [7, 11) is 2.67. The van der Waals surface area contributed by atoms with E-state index in [0.29, 0.717) is 40.0 Å². The number of carbonyl (C=O) groups excluding carboxylic acids is 9. The number of halogens is 1. The lowest BCUT2D eigenvalue weighted by atomic mass is 9.87. The number of esters is 2. The largest absolute Gasteiger partial charge is 0.469 e. The summed E-state index contributed by atoms with van der Waals surface area (Å²) in [5, 5.41) is 19.1. The Morgan fingerprint density at radius 2 is 1.19 bits per heavy atom. The van der Waals surface area contributed by atoms with Crippen LogP contribution >= 0.6 is 15.9 Å². The maximum absolute atomic E-state index is 14.5. The zero-order valence-corrected chi connectivity index (χ0v) is 56.7. The summed E-state index contributed by atoms with van der Waals surface area (Å²) in [6.07, 6.45) is 20.4. The fourth-order valence-electron chi connectivity index (χ4n) is 11.1. The smallest absolute Gasteiger partial charge is 0.328 e. The third-order valence-corrected chi connectivity index (χ3v) is 16.7. The van der Waals surface area contributed by atoms with Crippen LogP contribution in [0.25, 0.3) is 22.0 Å². The number of ketones is 2. The molecule has 5 N–H and O–H groups in total. The molecule has 1 aromatic carbocycles. The second kappa shape index (κ2) is 42.2. The number of aromatic nitrogens is 5. The molecule has 512 valence electrons. The molecule has 4 atom stereocenters. The minimum absolute atomic E-state index is 0.000862. The van der Waals surface area contributed by atoms with Crippen molar-refractivity contribution in [3.63, 3.8) is 0 Å². The average molecular weight is 1360 g/mol. The number of amides is 5. The van der Waals surface area contributed by atoms with Crippen LogP contribution in [-0.2, 0) is 73.3 Å². The minimum atomic E-state index is -0.928. The number of rotatable bonds is 47. The van der Waals surface area contributed by atoms with Crippen molar-refractivity contribution in [1.29, 1.82) is 0 Å². The second-order valence-electron chi connectivity index (χ2n) is 24.0. The van der Waals surface area contributed by atoms with E-state index in [0.717, 1.165) is 55.2 Å². The molecule has 1 unspecified atom stereocenters. The quantitative estimate of drug-likeness (QED) is 0.0121. The lowest BCUT2D eigenvalue weighted by Gasteiger charge is -2.24. The van der Waals surface area contributed by atoms with Crippen LogP contribution in [0.3, 0.4) is 0 Å². The van der Waals surface area contributed by atoms with Gasteiger partial charge < -0.3 is 55.0 Å². The fraction of sp³-hybridized carbons (Fsp3) is 0.627. The van der Waals surface area contributed by atoms with Crippen LogP contribution in [0.15, 0.2) is 47.3 Å². The maximum atomic E-state index is 14.5. The summed E-state index contributed by atoms with van der Waals surface area (Å²) in [4.78, 5) is 128. The van der Waals surface area contributed by atoms with E-state index in [2.05, 4.69) is 67.3 Å². The van der Waals surface area contributed by atoms with Gasteiger partial charge in [-0.2, -0.15) is 5.10 Å². The van der Waals surface area contributed by atoms with E-state index in [1.54, 1.807) is 31.5 Å². The molecule has 0 aliphatic heterocycles. The van der Waals surface area contributed by atoms with Gasteiger partial charge in [-0.1, -0.05) is 96.1 Å². The molecule has 1 aliphatic rings. The molecular weight excluding hydrogens is 1260 g/mol. The monoisotopic (exact) mass is 1360 g/mol. The first-order chi connectivity index (χ1) is 44.8. The molecule has 4 aromatic rings. The van der Waals surface area contributed by atoms with E-state index in [4.69, 9.17) is 23.7 Å². The van der Waals surface area contributed by atoms with Crippen LogP contribution in [0, 0.1) is 31.1 Å². The average Bonchev–Trinajstić information content (AvgIpc) is 1.64. The van der Waals surface area contributed by atoms with Crippen LogP contribution in [0.1, 0.15) is 164 Å². The first-order valence-corrected chi connectivity index (χ1v) is 33.4. The molecule has 1 aliphatic carbocycles. The van der Waals surface area contributed by atoms with Gasteiger partial charge in [0.05, 0.1) is 59.4 Å². The molecule has 0 spiro atoms. The normalized spacial score (nSPS) is 15.5. The molecule has 5 rings (SSSR count). The number of nitrogens with one attached hydrogen (secondary N) is 5. The van der Waals surface area contributed by atoms with Crippen molar-refractivity contribution < 1.29 is 71.6 Å². The van der Waals surface area contributed by atoms with Gasteiger partial charge in [0.2, 0.25) is 29.5 Å². The standard InChI is InChI=1S/C67H97BrN10O15/c1-46-23-27-57(68)75-64(46)76-65(86)53-39-67(4,38-52(53)56(80)42-78-55-26-24-49(50-40-71-48(3)72-41-50)37-51(55)63(77-78)47(2)79)45-73-61(84)44-93-36-34-91-32-30-70-60(83)43-92-35-33-90-31-29-69-58(81)28-25-54(66(87)89-6)74-59(82)21-19-17-15-13-11-9-7-8-10-12-14-16-18-20-22-62(85)88-5/h23-24,26-27,37,40-41,52-54H,7-22,25,28-36,38-39,42-45H2,1-6H3,(H,69,81)(H,70,83)(H,73,84)(H,74,82)(H,75,76,86)/t52?,53-,54+,67-/m1/s1. The molecule has 3 aromatic heterocycles. The number of fused-ring (bicyclic) bond motifs is 1. The van der Waals surface area contributed by atoms with E-state index in [1.165, 1.54) is 77.2 Å². The van der Waals surface area contributed by atoms with Crippen molar-refractivity contribution >= 4 is 85.7 Å². The number of pyridine rings is 1. The second-order valence-corrected chi connectivity index (χ2v) is 24.8. The Bertz CT molecular complexity index is 3060. The van der Waals surface area contributed by atoms with Crippen molar-refractivity contribution in [3.05, 3.63) is 64.4 Å². The van der Waals surface area contributed by atoms with Gasteiger partial charge in [-0.05, 0) is 96.6 Å². The van der Waals surface area contributed by atoms with E-state index >= 15 is 0 Å². The van der Waals surface area contributed by atoms with Crippen LogP contribution in [0.2, 0.25) is 0 Å². The summed E-state index contributed by atoms with van der Waals surface area (Å²) >= 11 is 3.37. The zero-order chi connectivity index (χ0) is 67.4. The summed E-state index contributed by atoms with van der Waals surface area (Å²) < 4.78 is 33.6. The SMILES string of the molecule is COC(=O)CCCCCCCCCCCCCCCCC(=O)N[C@@H](CCC(=O)NCCOCCOCC(=O)NCCOCCOCC(=O)NC[C@]1(C)CC(C(=O)Cn2nc(C(C)=O)c3cc(-c4cnc(C)nc4)ccc32)[C@H](C(=O)Nc2nc(Br)ccc2C)C1)C(=O)OC. The number of hydrogen-bond donors (Lipinski definition) is 5. The van der Waals surface area contributed by atoms with Gasteiger partial charge in [0, 0.05) is 81.0 Å². The van der Waals surface area contributed by atoms with Crippen LogP contribution in [0.4, 0.5) is 5.82 Å². The van der Waals surface area contributed by atoms with Crippen LogP contribution < -0.4 is 26.6 Å². The number of nitrogens with zero attached hydrogens (tertiary/aromatic N) is 5. The Balaban J connectivity index is 0.881. The Labute approximate surface area is 554 Å². The third kappa shape index (κ3) is 28.6. The van der Waals surface area contributed by atoms with Crippen molar-refractivity contribution in [3.8, 4) is 11.1 Å². The van der Waals surface area contributed by atoms with E-state index in [-0.39, 0.29) is 152 Å². The van der Waals surface area contributed by atoms with Gasteiger partial charge in [0.25, 0.3) is 0 Å². The highest BCUT2D eigenvalue weighted by atomic mass is 79.9. The van der Waals surface area contributed by atoms with Crippen molar-refractivity contribution in [2.45, 2.75) is 169 Å². The number of methoxy groups -OCH3 is 2. The highest BCUT2D eigenvalue weighted by Crippen LogP contribution is 2.46. The number of aryl methyl sites for hydroxylation is 2. The maximum Gasteiger partial charge on any atom is 0.328 e. The van der Waals surface area contributed by atoms with Crippen molar-refractivity contribution in [2.24, 2.45) is 17.3 Å². The number of anilines is 1. The van der Waals surface area contributed by atoms with E-state index < -0.39 is 35.2 Å². The van der Waals surface area contributed by atoms with Gasteiger partial charge in [0.1, 0.15) is 47.7 Å². The van der Waals surface area contributed by atoms with Gasteiger partial charge in [-0.3, -0.25) is 43.0 Å². The van der Waals surface area contributed by atoms with Crippen molar-refractivity contribution in [1.82, 2.24) is 46.0 Å². The van der Waals surface area contributed by atoms with Gasteiger partial charge >= 0.3 is 11.9 Å². The van der Waals surface area contributed by atoms with E-state index in [9.17, 15) is 43.2 Å². The number of ether oxygens (including phenoxy) is 6. The van der Waals surface area contributed by atoms with Crippen LogP contribution in [0.5, 0.6) is 0 Å². The number of Topliss-reactive ketones (excluding diaryl/α,β-unsaturated/α-hetero) is 2. The first-order valence-electron chi connectivity index (χ1n) is 32.6. The molecule has 25 nitrogen and oxygen atoms in total. The number of benzene rings is 1. The van der Waals surface area contributed by atoms with Gasteiger partial charge in [-0.15, -0.1) is 0 Å². The summed E-state index contributed by atoms with van der Waals surface area (Å²) in [6, 6.07) is 8.15. The van der Waals surface area contributed by atoms with E-state index in [1.807, 2.05) is 32.0 Å². The number of hydrogen-bond acceptors (Lipinski definition) is 19. The molecule has 0 radical (unpaired) electrons. The third-order valence-electron chi connectivity index (χ3n) is 16.3. The molecule has 0 bridgehead atoms. The Hall–Kier alpha value is -7.13. The Morgan fingerprint density at radius 1 is 0.634 bits per heavy atom. The first kappa shape index (κ1) is 76.6. The fourth-order valence-corrected chi connectivity index (χ4v) is 11.4.